The van der Waals surface area contributed by atoms with Crippen LogP contribution in [-0.2, 0) is 17.2 Å². The zero-order chi connectivity index (χ0) is 15.8. The van der Waals surface area contributed by atoms with Gasteiger partial charge in [-0.15, -0.1) is 0 Å². The summed E-state index contributed by atoms with van der Waals surface area (Å²) < 4.78 is 7.75. The maximum Gasteiger partial charge on any atom is 0.0726 e. The number of nitrogens with two attached hydrogens (primary N) is 1. The zero-order valence-corrected chi connectivity index (χ0v) is 14.3. The first-order valence-electron chi connectivity index (χ1n) is 7.86. The molecule has 1 aliphatic heterocycles. The highest BCUT2D eigenvalue weighted by molar-refractivity contribution is 5.28. The van der Waals surface area contributed by atoms with Crippen molar-refractivity contribution in [3.05, 3.63) is 17.5 Å². The maximum absolute atomic E-state index is 6.13. The topological polar surface area (TPSA) is 56.3 Å². The SMILES string of the molecule is CC1CN(C(CN)c2cn(C)nc2C(C)(C)C)CC(C)O1. The fraction of sp³-hybridized carbons (Fsp3) is 0.812. The summed E-state index contributed by atoms with van der Waals surface area (Å²) in [5.41, 5.74) is 8.55. The van der Waals surface area contributed by atoms with Gasteiger partial charge in [-0.2, -0.15) is 5.10 Å². The number of rotatable bonds is 3. The second-order valence-corrected chi connectivity index (χ2v) is 7.32. The van der Waals surface area contributed by atoms with Gasteiger partial charge in [-0.25, -0.2) is 0 Å². The van der Waals surface area contributed by atoms with E-state index in [4.69, 9.17) is 10.5 Å². The molecule has 21 heavy (non-hydrogen) atoms. The summed E-state index contributed by atoms with van der Waals surface area (Å²) in [6, 6.07) is 0.210. The minimum atomic E-state index is 0.0214. The summed E-state index contributed by atoms with van der Waals surface area (Å²) in [7, 11) is 1.98. The van der Waals surface area contributed by atoms with Crippen molar-refractivity contribution in [2.24, 2.45) is 12.8 Å². The van der Waals surface area contributed by atoms with Crippen molar-refractivity contribution in [1.82, 2.24) is 14.7 Å². The smallest absolute Gasteiger partial charge is 0.0726 e. The molecule has 1 aromatic heterocycles. The van der Waals surface area contributed by atoms with Gasteiger partial charge in [0.25, 0.3) is 0 Å². The lowest BCUT2D eigenvalue weighted by Crippen LogP contribution is -2.48. The Morgan fingerprint density at radius 2 is 1.90 bits per heavy atom. The lowest BCUT2D eigenvalue weighted by molar-refractivity contribution is -0.0800. The molecule has 5 heteroatoms. The van der Waals surface area contributed by atoms with E-state index < -0.39 is 0 Å². The fourth-order valence-corrected chi connectivity index (χ4v) is 3.28. The van der Waals surface area contributed by atoms with Gasteiger partial charge in [-0.3, -0.25) is 9.58 Å². The molecule has 1 saturated heterocycles. The number of hydrogen-bond donors (Lipinski definition) is 1. The van der Waals surface area contributed by atoms with Crippen molar-refractivity contribution in [3.63, 3.8) is 0 Å². The molecule has 0 aliphatic carbocycles. The molecular weight excluding hydrogens is 264 g/mol. The average Bonchev–Trinajstić information content (AvgIpc) is 2.71. The van der Waals surface area contributed by atoms with Gasteiger partial charge in [0.15, 0.2) is 0 Å². The van der Waals surface area contributed by atoms with Crippen LogP contribution in [0.3, 0.4) is 0 Å². The first-order valence-corrected chi connectivity index (χ1v) is 7.86. The molecule has 0 radical (unpaired) electrons. The lowest BCUT2D eigenvalue weighted by atomic mass is 9.87. The van der Waals surface area contributed by atoms with Crippen LogP contribution >= 0.6 is 0 Å². The molecule has 2 rings (SSSR count). The predicted octanol–water partition coefficient (Wildman–Crippen LogP) is 1.83. The van der Waals surface area contributed by atoms with E-state index >= 15 is 0 Å². The molecule has 0 saturated carbocycles. The first-order chi connectivity index (χ1) is 9.72. The van der Waals surface area contributed by atoms with Gasteiger partial charge >= 0.3 is 0 Å². The number of aromatic nitrogens is 2. The Kier molecular flexibility index (Phi) is 4.76. The number of nitrogens with zero attached hydrogens (tertiary/aromatic N) is 3. The van der Waals surface area contributed by atoms with Gasteiger partial charge in [-0.05, 0) is 13.8 Å². The van der Waals surface area contributed by atoms with E-state index in [1.165, 1.54) is 5.56 Å². The van der Waals surface area contributed by atoms with E-state index in [1.807, 2.05) is 11.7 Å². The van der Waals surface area contributed by atoms with E-state index in [1.54, 1.807) is 0 Å². The van der Waals surface area contributed by atoms with Crippen molar-refractivity contribution in [2.75, 3.05) is 19.6 Å². The average molecular weight is 294 g/mol. The highest BCUT2D eigenvalue weighted by Crippen LogP contribution is 2.32. The lowest BCUT2D eigenvalue weighted by Gasteiger charge is -2.40. The van der Waals surface area contributed by atoms with Crippen LogP contribution in [0, 0.1) is 0 Å². The second-order valence-electron chi connectivity index (χ2n) is 7.32. The molecule has 5 nitrogen and oxygen atoms in total. The Labute approximate surface area is 128 Å². The van der Waals surface area contributed by atoms with Crippen LogP contribution in [0.25, 0.3) is 0 Å². The minimum Gasteiger partial charge on any atom is -0.373 e. The van der Waals surface area contributed by atoms with Crippen LogP contribution in [0.15, 0.2) is 6.20 Å². The van der Waals surface area contributed by atoms with E-state index in [2.05, 4.69) is 50.8 Å². The van der Waals surface area contributed by atoms with Gasteiger partial charge in [0, 0.05) is 43.9 Å². The fourth-order valence-electron chi connectivity index (χ4n) is 3.28. The first kappa shape index (κ1) is 16.5. The Morgan fingerprint density at radius 1 is 1.33 bits per heavy atom. The van der Waals surface area contributed by atoms with Crippen molar-refractivity contribution in [2.45, 2.75) is 58.3 Å². The molecule has 0 spiro atoms. The molecule has 1 fully saturated rings. The number of ether oxygens (including phenoxy) is 1. The molecule has 0 aromatic carbocycles. The van der Waals surface area contributed by atoms with E-state index in [0.29, 0.717) is 6.54 Å². The van der Waals surface area contributed by atoms with E-state index in [9.17, 15) is 0 Å². The van der Waals surface area contributed by atoms with E-state index in [-0.39, 0.29) is 23.7 Å². The quantitative estimate of drug-likeness (QED) is 0.924. The molecule has 120 valence electrons. The number of hydrogen-bond acceptors (Lipinski definition) is 4. The molecule has 1 aromatic rings. The summed E-state index contributed by atoms with van der Waals surface area (Å²) in [6.45, 7) is 13.3. The summed E-state index contributed by atoms with van der Waals surface area (Å²) >= 11 is 0. The molecule has 3 atom stereocenters. The molecule has 0 amide bonds. The highest BCUT2D eigenvalue weighted by Gasteiger charge is 2.33. The van der Waals surface area contributed by atoms with Gasteiger partial charge in [0.05, 0.1) is 23.9 Å². The van der Waals surface area contributed by atoms with Gasteiger partial charge in [-0.1, -0.05) is 20.8 Å². The molecule has 2 heterocycles. The Balaban J connectivity index is 2.33. The highest BCUT2D eigenvalue weighted by atomic mass is 16.5. The third-order valence-electron chi connectivity index (χ3n) is 4.04. The van der Waals surface area contributed by atoms with Crippen molar-refractivity contribution in [1.29, 1.82) is 0 Å². The summed E-state index contributed by atoms with van der Waals surface area (Å²) in [6.07, 6.45) is 2.62. The third-order valence-corrected chi connectivity index (χ3v) is 4.04. The van der Waals surface area contributed by atoms with Crippen LogP contribution in [-0.4, -0.2) is 46.5 Å². The minimum absolute atomic E-state index is 0.0214. The molecular formula is C16H30N4O. The number of morpholine rings is 1. The summed E-state index contributed by atoms with van der Waals surface area (Å²) in [4.78, 5) is 2.45. The zero-order valence-electron chi connectivity index (χ0n) is 14.3. The van der Waals surface area contributed by atoms with Crippen molar-refractivity contribution >= 4 is 0 Å². The largest absolute Gasteiger partial charge is 0.373 e. The third kappa shape index (κ3) is 3.65. The van der Waals surface area contributed by atoms with Crippen LogP contribution in [0.1, 0.15) is 51.9 Å². The Bertz CT molecular complexity index is 467. The van der Waals surface area contributed by atoms with Crippen LogP contribution in [0.4, 0.5) is 0 Å². The van der Waals surface area contributed by atoms with Crippen molar-refractivity contribution in [3.8, 4) is 0 Å². The van der Waals surface area contributed by atoms with Gasteiger partial charge < -0.3 is 10.5 Å². The van der Waals surface area contributed by atoms with Crippen LogP contribution < -0.4 is 5.73 Å². The molecule has 2 N–H and O–H groups in total. The van der Waals surface area contributed by atoms with E-state index in [0.717, 1.165) is 18.8 Å². The predicted molar refractivity (Wildman–Crippen MR) is 85.3 cm³/mol. The second kappa shape index (κ2) is 6.07. The van der Waals surface area contributed by atoms with Gasteiger partial charge in [0.2, 0.25) is 0 Å². The van der Waals surface area contributed by atoms with Crippen molar-refractivity contribution < 1.29 is 4.74 Å². The van der Waals surface area contributed by atoms with Crippen LogP contribution in [0.2, 0.25) is 0 Å². The molecule has 3 unspecified atom stereocenters. The van der Waals surface area contributed by atoms with Gasteiger partial charge in [0.1, 0.15) is 0 Å². The standard InChI is InChI=1S/C16H30N4O/c1-11-8-20(9-12(2)21-11)14(7-17)13-10-19(6)18-15(13)16(3,4)5/h10-12,14H,7-9,17H2,1-6H3. The Morgan fingerprint density at radius 3 is 2.38 bits per heavy atom. The molecule has 0 bridgehead atoms. The Hall–Kier alpha value is -0.910. The normalized spacial score (nSPS) is 26.0. The van der Waals surface area contributed by atoms with Crippen LogP contribution in [0.5, 0.6) is 0 Å². The number of aryl methyl sites for hydroxylation is 1. The molecule has 1 aliphatic rings. The monoisotopic (exact) mass is 294 g/mol. The summed E-state index contributed by atoms with van der Waals surface area (Å²) in [5.74, 6) is 0. The summed E-state index contributed by atoms with van der Waals surface area (Å²) in [5, 5.41) is 4.69. The maximum atomic E-state index is 6.13.